The first kappa shape index (κ1) is 13.0. The van der Waals surface area contributed by atoms with Crippen LogP contribution in [0.5, 0.6) is 0 Å². The monoisotopic (exact) mass is 251 g/mol. The van der Waals surface area contributed by atoms with Crippen LogP contribution >= 0.6 is 0 Å². The molecule has 0 aromatic carbocycles. The molecular formula is C12H21N5O. The van der Waals surface area contributed by atoms with Gasteiger partial charge in [0.05, 0.1) is 24.5 Å². The molecule has 6 heteroatoms. The zero-order valence-electron chi connectivity index (χ0n) is 10.8. The lowest BCUT2D eigenvalue weighted by Crippen LogP contribution is -2.26. The maximum absolute atomic E-state index is 11.5. The second-order valence-corrected chi connectivity index (χ2v) is 4.89. The highest BCUT2D eigenvalue weighted by Crippen LogP contribution is 2.18. The van der Waals surface area contributed by atoms with Gasteiger partial charge in [0.15, 0.2) is 0 Å². The van der Waals surface area contributed by atoms with E-state index in [-0.39, 0.29) is 11.9 Å². The molecule has 3 N–H and O–H groups in total. The highest BCUT2D eigenvalue weighted by molar-refractivity contribution is 5.76. The van der Waals surface area contributed by atoms with Gasteiger partial charge in [-0.2, -0.15) is 0 Å². The summed E-state index contributed by atoms with van der Waals surface area (Å²) in [6.07, 6.45) is 6.45. The molecule has 0 radical (unpaired) electrons. The predicted octanol–water partition coefficient (Wildman–Crippen LogP) is 0.747. The van der Waals surface area contributed by atoms with Gasteiger partial charge in [-0.15, -0.1) is 5.10 Å². The Morgan fingerprint density at radius 1 is 1.67 bits per heavy atom. The summed E-state index contributed by atoms with van der Waals surface area (Å²) in [6.45, 7) is 2.65. The van der Waals surface area contributed by atoms with E-state index in [0.29, 0.717) is 19.0 Å². The fourth-order valence-corrected chi connectivity index (χ4v) is 1.80. The van der Waals surface area contributed by atoms with Crippen LogP contribution in [0.2, 0.25) is 0 Å². The number of hydrogen-bond donors (Lipinski definition) is 2. The minimum absolute atomic E-state index is 0.0518. The second kappa shape index (κ2) is 5.95. The number of carbonyl (C=O) groups excluding carboxylic acids is 1. The normalized spacial score (nSPS) is 16.6. The van der Waals surface area contributed by atoms with Crippen molar-refractivity contribution in [3.8, 4) is 0 Å². The second-order valence-electron chi connectivity index (χ2n) is 4.89. The smallest absolute Gasteiger partial charge is 0.222 e. The fraction of sp³-hybridized carbons (Fsp3) is 0.750. The van der Waals surface area contributed by atoms with Crippen LogP contribution in [-0.4, -0.2) is 26.9 Å². The van der Waals surface area contributed by atoms with Crippen LogP contribution < -0.4 is 11.1 Å². The van der Waals surface area contributed by atoms with Crippen LogP contribution in [0.25, 0.3) is 0 Å². The molecule has 1 aromatic rings. The summed E-state index contributed by atoms with van der Waals surface area (Å²) in [5, 5.41) is 11.0. The Balaban J connectivity index is 1.76. The number of rotatable bonds is 7. The zero-order valence-corrected chi connectivity index (χ0v) is 10.8. The quantitative estimate of drug-likeness (QED) is 0.748. The molecule has 1 aliphatic rings. The molecule has 0 bridgehead atoms. The van der Waals surface area contributed by atoms with Crippen molar-refractivity contribution in [2.45, 2.75) is 57.7 Å². The molecule has 1 fully saturated rings. The third kappa shape index (κ3) is 3.80. The summed E-state index contributed by atoms with van der Waals surface area (Å²) < 4.78 is 1.69. The average molecular weight is 251 g/mol. The van der Waals surface area contributed by atoms with Crippen LogP contribution in [0.1, 0.15) is 50.8 Å². The van der Waals surface area contributed by atoms with Gasteiger partial charge < -0.3 is 11.1 Å². The van der Waals surface area contributed by atoms with Gasteiger partial charge in [-0.1, -0.05) is 18.6 Å². The SMILES string of the molecule is CCCC(N)c1cn(CCC(=O)NC2CC2)nn1. The number of nitrogens with two attached hydrogens (primary N) is 1. The first-order chi connectivity index (χ1) is 8.69. The number of aryl methyl sites for hydroxylation is 1. The predicted molar refractivity (Wildman–Crippen MR) is 67.6 cm³/mol. The first-order valence-electron chi connectivity index (χ1n) is 6.64. The molecule has 1 heterocycles. The summed E-state index contributed by atoms with van der Waals surface area (Å²) in [5.41, 5.74) is 6.76. The highest BCUT2D eigenvalue weighted by atomic mass is 16.1. The molecule has 0 aliphatic heterocycles. The van der Waals surface area contributed by atoms with Crippen LogP contribution in [0.4, 0.5) is 0 Å². The van der Waals surface area contributed by atoms with E-state index in [1.165, 1.54) is 0 Å². The molecule has 0 saturated heterocycles. The van der Waals surface area contributed by atoms with Crippen LogP contribution in [-0.2, 0) is 11.3 Å². The topological polar surface area (TPSA) is 85.8 Å². The zero-order chi connectivity index (χ0) is 13.0. The molecule has 1 amide bonds. The van der Waals surface area contributed by atoms with E-state index < -0.39 is 0 Å². The highest BCUT2D eigenvalue weighted by Gasteiger charge is 2.22. The minimum Gasteiger partial charge on any atom is -0.353 e. The number of hydrogen-bond acceptors (Lipinski definition) is 4. The standard InChI is InChI=1S/C12H21N5O/c1-2-3-10(13)11-8-17(16-15-11)7-6-12(18)14-9-4-5-9/h8-10H,2-7,13H2,1H3,(H,14,18). The van der Waals surface area contributed by atoms with E-state index in [9.17, 15) is 4.79 Å². The van der Waals surface area contributed by atoms with Crippen molar-refractivity contribution in [1.29, 1.82) is 0 Å². The molecular weight excluding hydrogens is 230 g/mol. The summed E-state index contributed by atoms with van der Waals surface area (Å²) in [6, 6.07) is 0.367. The number of amides is 1. The van der Waals surface area contributed by atoms with E-state index in [2.05, 4.69) is 22.6 Å². The maximum Gasteiger partial charge on any atom is 0.222 e. The lowest BCUT2D eigenvalue weighted by atomic mass is 10.1. The van der Waals surface area contributed by atoms with Crippen LogP contribution in [0.3, 0.4) is 0 Å². The Morgan fingerprint density at radius 2 is 2.44 bits per heavy atom. The summed E-state index contributed by atoms with van der Waals surface area (Å²) in [5.74, 6) is 0.0902. The molecule has 1 saturated carbocycles. The number of aromatic nitrogens is 3. The van der Waals surface area contributed by atoms with Crippen LogP contribution in [0.15, 0.2) is 6.20 Å². The molecule has 2 rings (SSSR count). The van der Waals surface area contributed by atoms with E-state index >= 15 is 0 Å². The van der Waals surface area contributed by atoms with Gasteiger partial charge >= 0.3 is 0 Å². The Hall–Kier alpha value is -1.43. The third-order valence-electron chi connectivity index (χ3n) is 3.05. The summed E-state index contributed by atoms with van der Waals surface area (Å²) in [7, 11) is 0. The van der Waals surface area contributed by atoms with E-state index in [0.717, 1.165) is 31.4 Å². The minimum atomic E-state index is -0.0518. The van der Waals surface area contributed by atoms with Crippen molar-refractivity contribution in [3.05, 3.63) is 11.9 Å². The van der Waals surface area contributed by atoms with E-state index in [1.807, 2.05) is 6.20 Å². The lowest BCUT2D eigenvalue weighted by molar-refractivity contribution is -0.121. The van der Waals surface area contributed by atoms with Crippen LogP contribution in [0, 0.1) is 0 Å². The third-order valence-corrected chi connectivity index (χ3v) is 3.05. The lowest BCUT2D eigenvalue weighted by Gasteiger charge is -2.04. The molecule has 1 atom stereocenters. The van der Waals surface area contributed by atoms with Gasteiger partial charge in [-0.05, 0) is 19.3 Å². The molecule has 6 nitrogen and oxygen atoms in total. The Bertz CT molecular complexity index is 399. The van der Waals surface area contributed by atoms with Crippen molar-refractivity contribution in [2.75, 3.05) is 0 Å². The summed E-state index contributed by atoms with van der Waals surface area (Å²) in [4.78, 5) is 11.5. The first-order valence-corrected chi connectivity index (χ1v) is 6.64. The van der Waals surface area contributed by atoms with E-state index in [4.69, 9.17) is 5.73 Å². The molecule has 1 aromatic heterocycles. The van der Waals surface area contributed by atoms with Crippen molar-refractivity contribution in [2.24, 2.45) is 5.73 Å². The van der Waals surface area contributed by atoms with E-state index in [1.54, 1.807) is 4.68 Å². The van der Waals surface area contributed by atoms with Gasteiger partial charge in [-0.25, -0.2) is 0 Å². The van der Waals surface area contributed by atoms with Gasteiger partial charge in [0.25, 0.3) is 0 Å². The van der Waals surface area contributed by atoms with Gasteiger partial charge in [0.1, 0.15) is 0 Å². The summed E-state index contributed by atoms with van der Waals surface area (Å²) >= 11 is 0. The van der Waals surface area contributed by atoms with Crippen molar-refractivity contribution < 1.29 is 4.79 Å². The van der Waals surface area contributed by atoms with Gasteiger partial charge in [0, 0.05) is 12.5 Å². The Morgan fingerprint density at radius 3 is 3.11 bits per heavy atom. The van der Waals surface area contributed by atoms with Crippen molar-refractivity contribution in [3.63, 3.8) is 0 Å². The fourth-order valence-electron chi connectivity index (χ4n) is 1.80. The van der Waals surface area contributed by atoms with Crippen molar-refractivity contribution >= 4 is 5.91 Å². The maximum atomic E-state index is 11.5. The molecule has 1 unspecified atom stereocenters. The number of nitrogens with one attached hydrogen (secondary N) is 1. The Kier molecular flexibility index (Phi) is 4.30. The van der Waals surface area contributed by atoms with Crippen molar-refractivity contribution in [1.82, 2.24) is 20.3 Å². The average Bonchev–Trinajstić information content (AvgIpc) is 3.02. The number of nitrogens with zero attached hydrogens (tertiary/aromatic N) is 3. The number of carbonyl (C=O) groups is 1. The van der Waals surface area contributed by atoms with Gasteiger partial charge in [0.2, 0.25) is 5.91 Å². The Labute approximate surface area is 107 Å². The molecule has 0 spiro atoms. The molecule has 18 heavy (non-hydrogen) atoms. The molecule has 1 aliphatic carbocycles. The van der Waals surface area contributed by atoms with Gasteiger partial charge in [-0.3, -0.25) is 9.48 Å². The largest absolute Gasteiger partial charge is 0.353 e. The molecule has 100 valence electrons.